The second kappa shape index (κ2) is 6.17. The van der Waals surface area contributed by atoms with Crippen LogP contribution in [0.1, 0.15) is 12.5 Å². The first-order valence-corrected chi connectivity index (χ1v) is 7.81. The van der Waals surface area contributed by atoms with Crippen molar-refractivity contribution in [3.8, 4) is 5.75 Å². The lowest BCUT2D eigenvalue weighted by molar-refractivity contribution is -0.144. The Labute approximate surface area is 138 Å². The summed E-state index contributed by atoms with van der Waals surface area (Å²) in [4.78, 5) is 24.6. The van der Waals surface area contributed by atoms with Crippen LogP contribution in [0, 0.1) is 0 Å². The third kappa shape index (κ3) is 3.28. The number of benzene rings is 1. The van der Waals surface area contributed by atoms with Gasteiger partial charge in [0.1, 0.15) is 16.1 Å². The number of carboxylic acid groups (broad SMARTS) is 1. The van der Waals surface area contributed by atoms with Gasteiger partial charge in [-0.05, 0) is 31.2 Å². The Hall–Kier alpha value is -1.38. The highest BCUT2D eigenvalue weighted by Crippen LogP contribution is 2.35. The van der Waals surface area contributed by atoms with E-state index in [0.29, 0.717) is 5.56 Å². The lowest BCUT2D eigenvalue weighted by Gasteiger charge is -2.18. The summed E-state index contributed by atoms with van der Waals surface area (Å²) in [6, 6.07) is 3.79. The molecule has 0 bridgehead atoms. The zero-order valence-corrected chi connectivity index (χ0v) is 14.0. The molecule has 1 aliphatic rings. The number of rotatable bonds is 3. The molecule has 1 unspecified atom stereocenters. The largest absolute Gasteiger partial charge is 0.507 e. The Morgan fingerprint density at radius 1 is 1.52 bits per heavy atom. The maximum Gasteiger partial charge on any atom is 0.326 e. The van der Waals surface area contributed by atoms with Crippen LogP contribution < -0.4 is 0 Å². The normalized spacial score (nSPS) is 18.4. The zero-order valence-electron chi connectivity index (χ0n) is 10.7. The van der Waals surface area contributed by atoms with Crippen molar-refractivity contribution in [3.63, 3.8) is 0 Å². The number of carboxylic acids is 1. The van der Waals surface area contributed by atoms with Gasteiger partial charge in [-0.3, -0.25) is 9.69 Å². The van der Waals surface area contributed by atoms with Gasteiger partial charge in [-0.2, -0.15) is 0 Å². The number of carbonyl (C=O) groups excluding carboxylic acids is 1. The van der Waals surface area contributed by atoms with Crippen molar-refractivity contribution in [1.82, 2.24) is 4.90 Å². The van der Waals surface area contributed by atoms with Crippen LogP contribution in [0.25, 0.3) is 6.08 Å². The van der Waals surface area contributed by atoms with Crippen LogP contribution in [0.4, 0.5) is 0 Å². The number of phenolic OH excluding ortho intramolecular Hbond substituents is 1. The molecule has 1 amide bonds. The molecule has 1 aliphatic heterocycles. The Morgan fingerprint density at radius 3 is 2.81 bits per heavy atom. The van der Waals surface area contributed by atoms with Crippen molar-refractivity contribution >= 4 is 62.2 Å². The first kappa shape index (κ1) is 16.0. The molecule has 0 aliphatic carbocycles. The first-order chi connectivity index (χ1) is 9.81. The smallest absolute Gasteiger partial charge is 0.326 e. The van der Waals surface area contributed by atoms with E-state index in [-0.39, 0.29) is 15.0 Å². The van der Waals surface area contributed by atoms with Gasteiger partial charge in [0.15, 0.2) is 0 Å². The average Bonchev–Trinajstić information content (AvgIpc) is 2.68. The van der Waals surface area contributed by atoms with Gasteiger partial charge in [-0.15, -0.1) is 0 Å². The maximum atomic E-state index is 12.3. The number of nitrogens with zero attached hydrogens (tertiary/aromatic N) is 1. The number of aliphatic carboxylic acids is 1. The highest BCUT2D eigenvalue weighted by atomic mass is 79.9. The van der Waals surface area contributed by atoms with Gasteiger partial charge in [0.2, 0.25) is 0 Å². The molecule has 0 aromatic heterocycles. The second-order valence-corrected chi connectivity index (χ2v) is 6.86. The number of halogens is 1. The number of hydrogen-bond donors (Lipinski definition) is 2. The molecule has 2 N–H and O–H groups in total. The molecule has 5 nitrogen and oxygen atoms in total. The number of amides is 1. The van der Waals surface area contributed by atoms with Crippen molar-refractivity contribution in [2.75, 3.05) is 0 Å². The SMILES string of the molecule is CC(C(=O)O)N1C(=O)/C(=C/c2cc(Br)ccc2O)SC1=S. The van der Waals surface area contributed by atoms with Crippen LogP contribution in [0.5, 0.6) is 5.75 Å². The predicted molar refractivity (Wildman–Crippen MR) is 87.9 cm³/mol. The molecule has 1 aromatic carbocycles. The van der Waals surface area contributed by atoms with Crippen LogP contribution in [0.2, 0.25) is 0 Å². The van der Waals surface area contributed by atoms with Gasteiger partial charge in [-0.1, -0.05) is 39.9 Å². The maximum absolute atomic E-state index is 12.3. The summed E-state index contributed by atoms with van der Waals surface area (Å²) >= 11 is 9.35. The Morgan fingerprint density at radius 2 is 2.19 bits per heavy atom. The van der Waals surface area contributed by atoms with Gasteiger partial charge < -0.3 is 10.2 Å². The molecule has 2 rings (SSSR count). The third-order valence-corrected chi connectivity index (χ3v) is 4.67. The molecule has 110 valence electrons. The standard InChI is InChI=1S/C13H10BrNO4S2/c1-6(12(18)19)15-11(17)10(21-13(15)20)5-7-4-8(14)2-3-9(7)16/h2-6,16H,1H3,(H,18,19)/b10-5-. The predicted octanol–water partition coefficient (Wildman–Crippen LogP) is 2.83. The Balaban J connectivity index is 2.36. The van der Waals surface area contributed by atoms with Gasteiger partial charge in [0, 0.05) is 10.0 Å². The zero-order chi connectivity index (χ0) is 15.7. The lowest BCUT2D eigenvalue weighted by atomic mass is 10.2. The fourth-order valence-corrected chi connectivity index (χ4v) is 3.49. The van der Waals surface area contributed by atoms with E-state index in [9.17, 15) is 14.7 Å². The van der Waals surface area contributed by atoms with E-state index in [1.165, 1.54) is 19.1 Å². The van der Waals surface area contributed by atoms with E-state index in [1.807, 2.05) is 0 Å². The van der Waals surface area contributed by atoms with Crippen LogP contribution in [-0.2, 0) is 9.59 Å². The summed E-state index contributed by atoms with van der Waals surface area (Å²) in [5.74, 6) is -1.58. The molecular weight excluding hydrogens is 378 g/mol. The quantitative estimate of drug-likeness (QED) is 0.613. The van der Waals surface area contributed by atoms with E-state index in [1.54, 1.807) is 12.1 Å². The van der Waals surface area contributed by atoms with Crippen LogP contribution >= 0.6 is 39.9 Å². The van der Waals surface area contributed by atoms with Gasteiger partial charge in [0.25, 0.3) is 5.91 Å². The van der Waals surface area contributed by atoms with Crippen molar-refractivity contribution in [2.45, 2.75) is 13.0 Å². The number of carbonyl (C=O) groups is 2. The number of phenols is 1. The highest BCUT2D eigenvalue weighted by molar-refractivity contribution is 9.10. The lowest BCUT2D eigenvalue weighted by Crippen LogP contribution is -2.41. The van der Waals surface area contributed by atoms with E-state index < -0.39 is 17.9 Å². The molecule has 21 heavy (non-hydrogen) atoms. The van der Waals surface area contributed by atoms with Crippen molar-refractivity contribution in [2.24, 2.45) is 0 Å². The summed E-state index contributed by atoms with van der Waals surface area (Å²) in [7, 11) is 0. The molecule has 0 saturated carbocycles. The van der Waals surface area contributed by atoms with E-state index in [0.717, 1.165) is 21.1 Å². The summed E-state index contributed by atoms with van der Waals surface area (Å²) in [5, 5.41) is 18.8. The molecule has 0 radical (unpaired) electrons. The Bertz CT molecular complexity index is 674. The topological polar surface area (TPSA) is 77.8 Å². The fraction of sp³-hybridized carbons (Fsp3) is 0.154. The molecule has 1 heterocycles. The van der Waals surface area contributed by atoms with Crippen molar-refractivity contribution in [1.29, 1.82) is 0 Å². The molecular formula is C13H10BrNO4S2. The molecule has 1 saturated heterocycles. The van der Waals surface area contributed by atoms with E-state index in [4.69, 9.17) is 17.3 Å². The van der Waals surface area contributed by atoms with Crippen molar-refractivity contribution in [3.05, 3.63) is 33.1 Å². The molecule has 1 fully saturated rings. The van der Waals surface area contributed by atoms with Crippen LogP contribution in [-0.4, -0.2) is 37.4 Å². The summed E-state index contributed by atoms with van der Waals surface area (Å²) in [5.41, 5.74) is 0.452. The third-order valence-electron chi connectivity index (χ3n) is 2.84. The second-order valence-electron chi connectivity index (χ2n) is 4.27. The molecule has 8 heteroatoms. The van der Waals surface area contributed by atoms with Crippen LogP contribution in [0.3, 0.4) is 0 Å². The van der Waals surface area contributed by atoms with Crippen molar-refractivity contribution < 1.29 is 19.8 Å². The summed E-state index contributed by atoms with van der Waals surface area (Å²) in [6.07, 6.45) is 1.49. The Kier molecular flexibility index (Phi) is 4.70. The summed E-state index contributed by atoms with van der Waals surface area (Å²) < 4.78 is 0.941. The van der Waals surface area contributed by atoms with E-state index >= 15 is 0 Å². The molecule has 1 atom stereocenters. The van der Waals surface area contributed by atoms with Crippen LogP contribution in [0.15, 0.2) is 27.6 Å². The monoisotopic (exact) mass is 387 g/mol. The fourth-order valence-electron chi connectivity index (χ4n) is 1.71. The molecule has 0 spiro atoms. The number of thiocarbonyl (C=S) groups is 1. The minimum atomic E-state index is -1.13. The number of thioether (sulfide) groups is 1. The average molecular weight is 388 g/mol. The van der Waals surface area contributed by atoms with Gasteiger partial charge in [-0.25, -0.2) is 4.79 Å². The molecule has 1 aromatic rings. The number of aromatic hydroxyl groups is 1. The minimum Gasteiger partial charge on any atom is -0.507 e. The summed E-state index contributed by atoms with van der Waals surface area (Å²) in [6.45, 7) is 1.40. The minimum absolute atomic E-state index is 0.0229. The van der Waals surface area contributed by atoms with Gasteiger partial charge in [0.05, 0.1) is 4.91 Å². The number of hydrogen-bond acceptors (Lipinski definition) is 5. The van der Waals surface area contributed by atoms with Gasteiger partial charge >= 0.3 is 5.97 Å². The highest BCUT2D eigenvalue weighted by Gasteiger charge is 2.38. The first-order valence-electron chi connectivity index (χ1n) is 5.79. The van der Waals surface area contributed by atoms with E-state index in [2.05, 4.69) is 15.9 Å².